The van der Waals surface area contributed by atoms with Crippen LogP contribution in [-0.2, 0) is 4.74 Å². The number of anilines is 1. The van der Waals surface area contributed by atoms with Gasteiger partial charge in [0, 0.05) is 29.4 Å². The molecule has 1 fully saturated rings. The van der Waals surface area contributed by atoms with Gasteiger partial charge in [0.1, 0.15) is 11.5 Å². The van der Waals surface area contributed by atoms with E-state index in [1.54, 1.807) is 6.20 Å². The minimum atomic E-state index is 0.358. The van der Waals surface area contributed by atoms with Crippen LogP contribution in [0.3, 0.4) is 0 Å². The van der Waals surface area contributed by atoms with Crippen LogP contribution in [0.5, 0.6) is 0 Å². The zero-order valence-corrected chi connectivity index (χ0v) is 11.9. The number of aromatic nitrogens is 4. The van der Waals surface area contributed by atoms with Crippen molar-refractivity contribution >= 4 is 21.7 Å². The van der Waals surface area contributed by atoms with Gasteiger partial charge >= 0.3 is 0 Å². The molecule has 6 nitrogen and oxygen atoms in total. The monoisotopic (exact) mass is 323 g/mol. The van der Waals surface area contributed by atoms with Gasteiger partial charge in [0.2, 0.25) is 0 Å². The van der Waals surface area contributed by atoms with Crippen LogP contribution in [0, 0.1) is 0 Å². The summed E-state index contributed by atoms with van der Waals surface area (Å²) in [6.45, 7) is 1.56. The maximum atomic E-state index is 5.88. The average Bonchev–Trinajstić information content (AvgIpc) is 2.92. The number of hydrogen-bond donors (Lipinski definition) is 1. The van der Waals surface area contributed by atoms with E-state index in [1.165, 1.54) is 0 Å². The largest absolute Gasteiger partial charge is 0.383 e. The molecule has 1 saturated heterocycles. The third-order valence-corrected chi connectivity index (χ3v) is 3.67. The molecule has 0 aromatic carbocycles. The van der Waals surface area contributed by atoms with Crippen LogP contribution in [0.4, 0.5) is 5.82 Å². The summed E-state index contributed by atoms with van der Waals surface area (Å²) < 4.78 is 8.12. The van der Waals surface area contributed by atoms with Crippen molar-refractivity contribution in [3.8, 4) is 11.3 Å². The van der Waals surface area contributed by atoms with Crippen LogP contribution >= 0.6 is 15.9 Å². The van der Waals surface area contributed by atoms with Gasteiger partial charge in [-0.1, -0.05) is 5.21 Å². The van der Waals surface area contributed by atoms with Gasteiger partial charge in [-0.2, -0.15) is 0 Å². The molecule has 7 heteroatoms. The number of hydrogen-bond acceptors (Lipinski definition) is 5. The molecule has 0 aliphatic carbocycles. The quantitative estimate of drug-likeness (QED) is 0.914. The Kier molecular flexibility index (Phi) is 3.48. The minimum Gasteiger partial charge on any atom is -0.383 e. The number of nitrogens with zero attached hydrogens (tertiary/aromatic N) is 4. The highest BCUT2D eigenvalue weighted by Gasteiger charge is 2.18. The number of pyridine rings is 1. The summed E-state index contributed by atoms with van der Waals surface area (Å²) in [4.78, 5) is 4.11. The highest BCUT2D eigenvalue weighted by molar-refractivity contribution is 9.10. The van der Waals surface area contributed by atoms with Gasteiger partial charge in [-0.15, -0.1) is 5.10 Å². The minimum absolute atomic E-state index is 0.358. The second-order valence-corrected chi connectivity index (χ2v) is 5.43. The molecule has 0 radical (unpaired) electrons. The normalized spacial score (nSPS) is 16.7. The van der Waals surface area contributed by atoms with E-state index >= 15 is 0 Å². The maximum Gasteiger partial charge on any atom is 0.133 e. The zero-order valence-electron chi connectivity index (χ0n) is 10.3. The van der Waals surface area contributed by atoms with Crippen molar-refractivity contribution in [2.75, 3.05) is 18.9 Å². The molecule has 2 N–H and O–H groups in total. The predicted octanol–water partition coefficient (Wildman–Crippen LogP) is 2.04. The molecule has 100 valence electrons. The molecular weight excluding hydrogens is 310 g/mol. The van der Waals surface area contributed by atoms with Gasteiger partial charge in [0.25, 0.3) is 0 Å². The Labute approximate surface area is 119 Å². The Morgan fingerprint density at radius 1 is 1.37 bits per heavy atom. The highest BCUT2D eigenvalue weighted by atomic mass is 79.9. The smallest absolute Gasteiger partial charge is 0.133 e. The molecule has 3 rings (SSSR count). The van der Waals surface area contributed by atoms with Crippen LogP contribution in [0.15, 0.2) is 22.9 Å². The van der Waals surface area contributed by atoms with Gasteiger partial charge < -0.3 is 10.5 Å². The van der Waals surface area contributed by atoms with Crippen molar-refractivity contribution in [2.45, 2.75) is 18.9 Å². The molecule has 2 aromatic rings. The van der Waals surface area contributed by atoms with Gasteiger partial charge in [0.15, 0.2) is 0 Å². The predicted molar refractivity (Wildman–Crippen MR) is 74.5 cm³/mol. The van der Waals surface area contributed by atoms with Crippen molar-refractivity contribution < 1.29 is 4.74 Å². The molecule has 1 aliphatic heterocycles. The first-order valence-electron chi connectivity index (χ1n) is 6.15. The second-order valence-electron chi connectivity index (χ2n) is 4.51. The lowest BCUT2D eigenvalue weighted by Gasteiger charge is -2.21. The molecule has 0 unspecified atom stereocenters. The van der Waals surface area contributed by atoms with E-state index < -0.39 is 0 Å². The van der Waals surface area contributed by atoms with E-state index in [0.29, 0.717) is 11.9 Å². The lowest BCUT2D eigenvalue weighted by molar-refractivity contribution is 0.0657. The highest BCUT2D eigenvalue weighted by Crippen LogP contribution is 2.27. The Morgan fingerprint density at radius 3 is 2.95 bits per heavy atom. The fourth-order valence-electron chi connectivity index (χ4n) is 2.18. The Hall–Kier alpha value is -1.47. The molecule has 3 heterocycles. The van der Waals surface area contributed by atoms with Gasteiger partial charge in [-0.25, -0.2) is 9.67 Å². The first-order chi connectivity index (χ1) is 9.24. The van der Waals surface area contributed by atoms with E-state index in [1.807, 2.05) is 16.9 Å². The number of halogens is 1. The zero-order chi connectivity index (χ0) is 13.2. The Morgan fingerprint density at radius 2 is 2.16 bits per heavy atom. The standard InChI is InChI=1S/C12H14BrN5O/c13-8-5-10(12(14)15-6-8)11-7-18(17-16-11)9-1-3-19-4-2-9/h5-7,9H,1-4H2,(H2,14,15). The average molecular weight is 324 g/mol. The van der Waals surface area contributed by atoms with E-state index in [-0.39, 0.29) is 0 Å². The summed E-state index contributed by atoms with van der Waals surface area (Å²) in [5, 5.41) is 8.39. The van der Waals surface area contributed by atoms with Crippen molar-refractivity contribution in [3.63, 3.8) is 0 Å². The van der Waals surface area contributed by atoms with Crippen LogP contribution in [0.1, 0.15) is 18.9 Å². The lowest BCUT2D eigenvalue weighted by Crippen LogP contribution is -2.19. The summed E-state index contributed by atoms with van der Waals surface area (Å²) in [5.74, 6) is 0.460. The summed E-state index contributed by atoms with van der Waals surface area (Å²) >= 11 is 3.39. The van der Waals surface area contributed by atoms with Crippen LogP contribution in [0.25, 0.3) is 11.3 Å². The second kappa shape index (κ2) is 5.26. The molecule has 0 amide bonds. The first-order valence-corrected chi connectivity index (χ1v) is 6.94. The van der Waals surface area contributed by atoms with Crippen molar-refractivity contribution in [3.05, 3.63) is 22.9 Å². The Bertz CT molecular complexity index is 579. The van der Waals surface area contributed by atoms with Crippen LogP contribution in [-0.4, -0.2) is 33.2 Å². The fourth-order valence-corrected chi connectivity index (χ4v) is 2.51. The summed E-state index contributed by atoms with van der Waals surface area (Å²) in [7, 11) is 0. The van der Waals surface area contributed by atoms with E-state index in [2.05, 4.69) is 31.2 Å². The number of nitrogen functional groups attached to an aromatic ring is 1. The third-order valence-electron chi connectivity index (χ3n) is 3.24. The molecule has 0 saturated carbocycles. The Balaban J connectivity index is 1.89. The summed E-state index contributed by atoms with van der Waals surface area (Å²) in [6, 6.07) is 2.26. The molecule has 0 spiro atoms. The first kappa shape index (κ1) is 12.6. The topological polar surface area (TPSA) is 78.8 Å². The van der Waals surface area contributed by atoms with E-state index in [9.17, 15) is 0 Å². The molecular formula is C12H14BrN5O. The lowest BCUT2D eigenvalue weighted by atomic mass is 10.1. The molecule has 0 bridgehead atoms. The SMILES string of the molecule is Nc1ncc(Br)cc1-c1cn(C2CCOCC2)nn1. The van der Waals surface area contributed by atoms with Gasteiger partial charge in [-0.05, 0) is 34.8 Å². The maximum absolute atomic E-state index is 5.88. The van der Waals surface area contributed by atoms with E-state index in [0.717, 1.165) is 41.8 Å². The molecule has 2 aromatic heterocycles. The molecule has 0 atom stereocenters. The molecule has 19 heavy (non-hydrogen) atoms. The van der Waals surface area contributed by atoms with Crippen molar-refractivity contribution in [2.24, 2.45) is 0 Å². The third kappa shape index (κ3) is 2.62. The van der Waals surface area contributed by atoms with Crippen LogP contribution < -0.4 is 5.73 Å². The van der Waals surface area contributed by atoms with Gasteiger partial charge in [-0.3, -0.25) is 0 Å². The number of rotatable bonds is 2. The van der Waals surface area contributed by atoms with E-state index in [4.69, 9.17) is 10.5 Å². The summed E-state index contributed by atoms with van der Waals surface area (Å²) in [6.07, 6.45) is 5.53. The number of ether oxygens (including phenoxy) is 1. The fraction of sp³-hybridized carbons (Fsp3) is 0.417. The van der Waals surface area contributed by atoms with Crippen molar-refractivity contribution in [1.82, 2.24) is 20.0 Å². The van der Waals surface area contributed by atoms with Crippen LogP contribution in [0.2, 0.25) is 0 Å². The molecule has 1 aliphatic rings. The number of nitrogens with two attached hydrogens (primary N) is 1. The van der Waals surface area contributed by atoms with Gasteiger partial charge in [0.05, 0.1) is 12.2 Å². The summed E-state index contributed by atoms with van der Waals surface area (Å²) in [5.41, 5.74) is 7.43. The van der Waals surface area contributed by atoms with Crippen molar-refractivity contribution in [1.29, 1.82) is 0 Å².